The maximum atomic E-state index is 12.0. The number of anilines is 1. The molecule has 1 aliphatic carbocycles. The van der Waals surface area contributed by atoms with Gasteiger partial charge in [-0.2, -0.15) is 0 Å². The van der Waals surface area contributed by atoms with E-state index in [4.69, 9.17) is 4.74 Å². The number of amides is 1. The van der Waals surface area contributed by atoms with Crippen LogP contribution in [-0.4, -0.2) is 24.8 Å². The van der Waals surface area contributed by atoms with Crippen LogP contribution in [0.3, 0.4) is 0 Å². The van der Waals surface area contributed by atoms with Gasteiger partial charge in [0.05, 0.1) is 5.92 Å². The van der Waals surface area contributed by atoms with E-state index >= 15 is 0 Å². The van der Waals surface area contributed by atoms with Gasteiger partial charge in [-0.1, -0.05) is 6.92 Å². The van der Waals surface area contributed by atoms with Gasteiger partial charge in [-0.05, 0) is 36.6 Å². The van der Waals surface area contributed by atoms with Gasteiger partial charge in [-0.15, -0.1) is 13.2 Å². The summed E-state index contributed by atoms with van der Waals surface area (Å²) in [5.41, 5.74) is 0.273. The number of hydrogen-bond acceptors (Lipinski definition) is 4. The van der Waals surface area contributed by atoms with E-state index in [1.807, 2.05) is 6.92 Å². The van der Waals surface area contributed by atoms with E-state index in [1.165, 1.54) is 12.1 Å². The molecule has 0 heterocycles. The van der Waals surface area contributed by atoms with Gasteiger partial charge in [0.25, 0.3) is 5.91 Å². The fraction of sp³-hybridized carbons (Fsp3) is 0.429. The second-order valence-corrected chi connectivity index (χ2v) is 5.05. The van der Waals surface area contributed by atoms with Crippen LogP contribution in [0.2, 0.25) is 0 Å². The van der Waals surface area contributed by atoms with E-state index in [2.05, 4.69) is 10.1 Å². The lowest BCUT2D eigenvalue weighted by molar-refractivity contribution is -0.274. The molecule has 1 aromatic rings. The average Bonchev–Trinajstić information content (AvgIpc) is 3.14. The Morgan fingerprint density at radius 2 is 1.86 bits per heavy atom. The molecule has 0 bridgehead atoms. The van der Waals surface area contributed by atoms with Crippen LogP contribution in [0.1, 0.15) is 13.3 Å². The Morgan fingerprint density at radius 1 is 1.27 bits per heavy atom. The van der Waals surface area contributed by atoms with Gasteiger partial charge in [0.15, 0.2) is 6.61 Å². The zero-order valence-electron chi connectivity index (χ0n) is 11.6. The van der Waals surface area contributed by atoms with Crippen LogP contribution < -0.4 is 10.1 Å². The quantitative estimate of drug-likeness (QED) is 0.848. The molecule has 2 atom stereocenters. The lowest BCUT2D eigenvalue weighted by Gasteiger charge is -2.10. The highest BCUT2D eigenvalue weighted by atomic mass is 19.4. The molecule has 1 saturated carbocycles. The summed E-state index contributed by atoms with van der Waals surface area (Å²) in [6, 6.07) is 4.65. The van der Waals surface area contributed by atoms with E-state index < -0.39 is 24.8 Å². The number of rotatable bonds is 5. The standard InChI is InChI=1S/C14H14F3NO4/c1-8-6-11(8)13(20)21-7-12(19)18-9-2-4-10(5-3-9)22-14(15,16)17/h2-5,8,11H,6-7H2,1H3,(H,18,19)/t8-,11+/m0/s1. The summed E-state index contributed by atoms with van der Waals surface area (Å²) >= 11 is 0. The molecule has 1 fully saturated rings. The van der Waals surface area contributed by atoms with Crippen LogP contribution in [0, 0.1) is 11.8 Å². The normalized spacial score (nSPS) is 20.2. The van der Waals surface area contributed by atoms with Crippen molar-refractivity contribution in [2.24, 2.45) is 11.8 Å². The molecule has 0 radical (unpaired) electrons. The Kier molecular flexibility index (Phi) is 4.58. The molecule has 0 saturated heterocycles. The molecule has 8 heteroatoms. The molecular weight excluding hydrogens is 303 g/mol. The van der Waals surface area contributed by atoms with Crippen molar-refractivity contribution in [3.05, 3.63) is 24.3 Å². The Hall–Kier alpha value is -2.25. The summed E-state index contributed by atoms with van der Waals surface area (Å²) < 4.78 is 44.5. The number of ether oxygens (including phenoxy) is 2. The highest BCUT2D eigenvalue weighted by Crippen LogP contribution is 2.38. The number of benzene rings is 1. The molecule has 0 aliphatic heterocycles. The molecule has 0 spiro atoms. The number of carbonyl (C=O) groups is 2. The summed E-state index contributed by atoms with van der Waals surface area (Å²) in [5.74, 6) is -1.20. The maximum absolute atomic E-state index is 12.0. The van der Waals surface area contributed by atoms with Crippen molar-refractivity contribution >= 4 is 17.6 Å². The zero-order chi connectivity index (χ0) is 16.3. The molecule has 2 rings (SSSR count). The number of esters is 1. The molecular formula is C14H14F3NO4. The van der Waals surface area contributed by atoms with Gasteiger partial charge >= 0.3 is 12.3 Å². The third-order valence-electron chi connectivity index (χ3n) is 3.13. The first kappa shape index (κ1) is 16.1. The molecule has 1 aliphatic rings. The predicted octanol–water partition coefficient (Wildman–Crippen LogP) is 2.72. The molecule has 5 nitrogen and oxygen atoms in total. The zero-order valence-corrected chi connectivity index (χ0v) is 11.6. The molecule has 120 valence electrons. The van der Waals surface area contributed by atoms with Crippen LogP contribution in [0.15, 0.2) is 24.3 Å². The van der Waals surface area contributed by atoms with Crippen LogP contribution in [0.4, 0.5) is 18.9 Å². The highest BCUT2D eigenvalue weighted by Gasteiger charge is 2.40. The lowest BCUT2D eigenvalue weighted by atomic mass is 10.3. The summed E-state index contributed by atoms with van der Waals surface area (Å²) in [6.45, 7) is 1.49. The van der Waals surface area contributed by atoms with Crippen molar-refractivity contribution in [1.29, 1.82) is 0 Å². The van der Waals surface area contributed by atoms with Crippen molar-refractivity contribution in [3.63, 3.8) is 0 Å². The fourth-order valence-corrected chi connectivity index (χ4v) is 1.83. The summed E-state index contributed by atoms with van der Waals surface area (Å²) in [6.07, 6.45) is -4.00. The third-order valence-corrected chi connectivity index (χ3v) is 3.13. The first-order valence-corrected chi connectivity index (χ1v) is 6.57. The third kappa shape index (κ3) is 4.94. The van der Waals surface area contributed by atoms with E-state index in [0.29, 0.717) is 0 Å². The maximum Gasteiger partial charge on any atom is 0.573 e. The van der Waals surface area contributed by atoms with E-state index in [-0.39, 0.29) is 23.3 Å². The summed E-state index contributed by atoms with van der Waals surface area (Å²) in [5, 5.41) is 2.40. The van der Waals surface area contributed by atoms with Crippen molar-refractivity contribution in [1.82, 2.24) is 0 Å². The van der Waals surface area contributed by atoms with Crippen LogP contribution in [0.5, 0.6) is 5.75 Å². The predicted molar refractivity (Wildman–Crippen MR) is 70.0 cm³/mol. The van der Waals surface area contributed by atoms with Crippen molar-refractivity contribution in [2.45, 2.75) is 19.7 Å². The molecule has 1 N–H and O–H groups in total. The number of nitrogens with one attached hydrogen (secondary N) is 1. The van der Waals surface area contributed by atoms with Gasteiger partial charge in [0.1, 0.15) is 5.75 Å². The van der Waals surface area contributed by atoms with Crippen LogP contribution in [-0.2, 0) is 14.3 Å². The Bertz CT molecular complexity index is 556. The van der Waals surface area contributed by atoms with Crippen molar-refractivity contribution in [3.8, 4) is 5.75 Å². The van der Waals surface area contributed by atoms with Gasteiger partial charge in [0, 0.05) is 5.69 Å². The van der Waals surface area contributed by atoms with Crippen LogP contribution >= 0.6 is 0 Å². The largest absolute Gasteiger partial charge is 0.573 e. The summed E-state index contributed by atoms with van der Waals surface area (Å²) in [7, 11) is 0. The molecule has 0 unspecified atom stereocenters. The molecule has 0 aromatic heterocycles. The van der Waals surface area contributed by atoms with E-state index in [0.717, 1.165) is 18.6 Å². The Morgan fingerprint density at radius 3 is 2.36 bits per heavy atom. The summed E-state index contributed by atoms with van der Waals surface area (Å²) in [4.78, 5) is 23.0. The lowest BCUT2D eigenvalue weighted by Crippen LogP contribution is -2.21. The smallest absolute Gasteiger partial charge is 0.455 e. The topological polar surface area (TPSA) is 64.6 Å². The number of carbonyl (C=O) groups excluding carboxylic acids is 2. The first-order chi connectivity index (χ1) is 10.2. The van der Waals surface area contributed by atoms with Crippen LogP contribution in [0.25, 0.3) is 0 Å². The fourth-order valence-electron chi connectivity index (χ4n) is 1.83. The minimum Gasteiger partial charge on any atom is -0.455 e. The Labute approximate surface area is 124 Å². The number of halogens is 3. The minimum atomic E-state index is -4.76. The monoisotopic (exact) mass is 317 g/mol. The van der Waals surface area contributed by atoms with E-state index in [9.17, 15) is 22.8 Å². The van der Waals surface area contributed by atoms with Gasteiger partial charge in [0.2, 0.25) is 0 Å². The highest BCUT2D eigenvalue weighted by molar-refractivity contribution is 5.93. The first-order valence-electron chi connectivity index (χ1n) is 6.57. The van der Waals surface area contributed by atoms with Gasteiger partial charge < -0.3 is 14.8 Å². The van der Waals surface area contributed by atoms with Crippen molar-refractivity contribution in [2.75, 3.05) is 11.9 Å². The molecule has 1 amide bonds. The van der Waals surface area contributed by atoms with Gasteiger partial charge in [-0.25, -0.2) is 0 Å². The number of alkyl halides is 3. The molecule has 1 aromatic carbocycles. The van der Waals surface area contributed by atoms with Gasteiger partial charge in [-0.3, -0.25) is 9.59 Å². The second kappa shape index (κ2) is 6.25. The average molecular weight is 317 g/mol. The second-order valence-electron chi connectivity index (χ2n) is 5.05. The van der Waals surface area contributed by atoms with E-state index in [1.54, 1.807) is 0 Å². The SMILES string of the molecule is C[C@H]1C[C@H]1C(=O)OCC(=O)Nc1ccc(OC(F)(F)F)cc1. The number of hydrogen-bond donors (Lipinski definition) is 1. The molecule has 22 heavy (non-hydrogen) atoms. The Balaban J connectivity index is 1.77. The van der Waals surface area contributed by atoms with Crippen molar-refractivity contribution < 1.29 is 32.2 Å². The minimum absolute atomic E-state index is 0.133.